The van der Waals surface area contributed by atoms with Gasteiger partial charge in [0.2, 0.25) is 0 Å². The number of benzene rings is 2. The van der Waals surface area contributed by atoms with Crippen LogP contribution in [-0.4, -0.2) is 8.75 Å². The Labute approximate surface area is 124 Å². The highest BCUT2D eigenvalue weighted by Gasteiger charge is 2.08. The predicted octanol–water partition coefficient (Wildman–Crippen LogP) is 4.65. The summed E-state index contributed by atoms with van der Waals surface area (Å²) in [6.45, 7) is 1.95. The molecule has 3 aromatic rings. The van der Waals surface area contributed by atoms with Crippen molar-refractivity contribution < 1.29 is 0 Å². The fraction of sp³-hybridized carbons (Fsp3) is 0.0769. The van der Waals surface area contributed by atoms with E-state index in [0.717, 1.165) is 23.0 Å². The lowest BCUT2D eigenvalue weighted by Crippen LogP contribution is -1.85. The molecule has 0 aliphatic carbocycles. The van der Waals surface area contributed by atoms with Gasteiger partial charge < -0.3 is 5.73 Å². The zero-order valence-electron chi connectivity index (χ0n) is 10.5. The zero-order chi connectivity index (χ0) is 14.1. The van der Waals surface area contributed by atoms with Gasteiger partial charge in [-0.05, 0) is 36.8 Å². The normalized spacial score (nSPS) is 11.5. The van der Waals surface area contributed by atoms with Crippen LogP contribution in [0.15, 0.2) is 40.6 Å². The Hall–Kier alpha value is -2.05. The summed E-state index contributed by atoms with van der Waals surface area (Å²) >= 11 is 7.06. The number of nitrogens with two attached hydrogens (primary N) is 1. The van der Waals surface area contributed by atoms with E-state index in [-0.39, 0.29) is 0 Å². The van der Waals surface area contributed by atoms with E-state index in [1.807, 2.05) is 19.1 Å². The van der Waals surface area contributed by atoms with E-state index in [9.17, 15) is 0 Å². The molecule has 0 spiro atoms. The highest BCUT2D eigenvalue weighted by molar-refractivity contribution is 7.00. The van der Waals surface area contributed by atoms with Gasteiger partial charge >= 0.3 is 0 Å². The topological polar surface area (TPSA) is 76.5 Å². The molecule has 0 aliphatic rings. The zero-order valence-corrected chi connectivity index (χ0v) is 12.1. The van der Waals surface area contributed by atoms with Crippen molar-refractivity contribution in [2.45, 2.75) is 6.92 Å². The third-order valence-electron chi connectivity index (χ3n) is 2.86. The molecule has 7 heteroatoms. The number of hydrogen-bond donors (Lipinski definition) is 1. The van der Waals surface area contributed by atoms with E-state index in [1.165, 1.54) is 0 Å². The minimum atomic E-state index is 0.589. The van der Waals surface area contributed by atoms with Gasteiger partial charge in [-0.3, -0.25) is 0 Å². The Bertz CT molecular complexity index is 812. The van der Waals surface area contributed by atoms with Crippen LogP contribution < -0.4 is 5.73 Å². The summed E-state index contributed by atoms with van der Waals surface area (Å²) < 4.78 is 8.35. The van der Waals surface area contributed by atoms with Crippen molar-refractivity contribution in [1.82, 2.24) is 8.75 Å². The van der Waals surface area contributed by atoms with Crippen LogP contribution in [-0.2, 0) is 0 Å². The number of nitrogen functional groups attached to an aromatic ring is 1. The van der Waals surface area contributed by atoms with Crippen LogP contribution in [0.5, 0.6) is 0 Å². The second-order valence-corrected chi connectivity index (χ2v) is 5.23. The van der Waals surface area contributed by atoms with Crippen LogP contribution in [0.1, 0.15) is 5.56 Å². The molecule has 0 amide bonds. The number of azo groups is 1. The minimum absolute atomic E-state index is 0.589. The molecule has 0 atom stereocenters. The molecule has 3 rings (SSSR count). The second kappa shape index (κ2) is 5.15. The quantitative estimate of drug-likeness (QED) is 0.553. The number of fused-ring (bicyclic) bond motifs is 1. The van der Waals surface area contributed by atoms with Crippen LogP contribution in [0, 0.1) is 6.92 Å². The van der Waals surface area contributed by atoms with Gasteiger partial charge in [0.1, 0.15) is 16.7 Å². The first kappa shape index (κ1) is 13.0. The largest absolute Gasteiger partial charge is 0.397 e. The van der Waals surface area contributed by atoms with E-state index in [2.05, 4.69) is 19.0 Å². The SMILES string of the molecule is Cc1ccc(Cl)cc1N=Nc1ccc(N)c2nsnc12. The summed E-state index contributed by atoms with van der Waals surface area (Å²) in [5, 5.41) is 9.09. The van der Waals surface area contributed by atoms with Crippen molar-refractivity contribution in [3.05, 3.63) is 40.9 Å². The Balaban J connectivity index is 2.05. The Morgan fingerprint density at radius 3 is 2.65 bits per heavy atom. The number of aromatic nitrogens is 2. The molecule has 0 unspecified atom stereocenters. The number of halogens is 1. The number of hydrogen-bond acceptors (Lipinski definition) is 6. The maximum atomic E-state index is 5.96. The van der Waals surface area contributed by atoms with E-state index >= 15 is 0 Å². The standard InChI is InChI=1S/C13H10ClN5S/c1-7-2-3-8(14)6-11(7)17-16-10-5-4-9(15)12-13(10)19-20-18-12/h2-6H,15H2,1H3. The number of nitrogens with zero attached hydrogens (tertiary/aromatic N) is 4. The van der Waals surface area contributed by atoms with Crippen molar-refractivity contribution in [3.8, 4) is 0 Å². The molecule has 2 aromatic carbocycles. The molecule has 1 aromatic heterocycles. The Morgan fingerprint density at radius 1 is 1.05 bits per heavy atom. The first-order valence-electron chi connectivity index (χ1n) is 5.84. The van der Waals surface area contributed by atoms with Gasteiger partial charge in [-0.25, -0.2) is 0 Å². The molecule has 0 radical (unpaired) electrons. The second-order valence-electron chi connectivity index (χ2n) is 4.27. The maximum absolute atomic E-state index is 5.96. The summed E-state index contributed by atoms with van der Waals surface area (Å²) in [6.07, 6.45) is 0. The van der Waals surface area contributed by atoms with Gasteiger partial charge in [-0.15, -0.1) is 5.11 Å². The highest BCUT2D eigenvalue weighted by Crippen LogP contribution is 2.31. The molecular weight excluding hydrogens is 294 g/mol. The van der Waals surface area contributed by atoms with Gasteiger partial charge in [0.05, 0.1) is 23.1 Å². The van der Waals surface area contributed by atoms with Crippen LogP contribution >= 0.6 is 23.3 Å². The third kappa shape index (κ3) is 2.35. The molecule has 20 heavy (non-hydrogen) atoms. The van der Waals surface area contributed by atoms with Crippen LogP contribution in [0.2, 0.25) is 5.02 Å². The number of rotatable bonds is 2. The smallest absolute Gasteiger partial charge is 0.134 e. The Kier molecular flexibility index (Phi) is 3.33. The van der Waals surface area contributed by atoms with E-state index in [0.29, 0.717) is 27.4 Å². The molecule has 1 heterocycles. The molecule has 0 bridgehead atoms. The first-order chi connectivity index (χ1) is 9.65. The van der Waals surface area contributed by atoms with E-state index < -0.39 is 0 Å². The lowest BCUT2D eigenvalue weighted by molar-refractivity contribution is 1.21. The monoisotopic (exact) mass is 303 g/mol. The minimum Gasteiger partial charge on any atom is -0.397 e. The number of anilines is 1. The summed E-state index contributed by atoms with van der Waals surface area (Å²) in [7, 11) is 0. The van der Waals surface area contributed by atoms with Crippen molar-refractivity contribution in [3.63, 3.8) is 0 Å². The summed E-state index contributed by atoms with van der Waals surface area (Å²) in [4.78, 5) is 0. The molecule has 100 valence electrons. The highest BCUT2D eigenvalue weighted by atomic mass is 35.5. The summed E-state index contributed by atoms with van der Waals surface area (Å²) in [5.74, 6) is 0. The predicted molar refractivity (Wildman–Crippen MR) is 82.2 cm³/mol. The number of aryl methyl sites for hydroxylation is 1. The average Bonchev–Trinajstić information content (AvgIpc) is 2.92. The molecule has 0 aliphatic heterocycles. The van der Waals surface area contributed by atoms with Gasteiger partial charge in [-0.1, -0.05) is 17.7 Å². The molecule has 0 fully saturated rings. The summed E-state index contributed by atoms with van der Waals surface area (Å²) in [6, 6.07) is 9.03. The lowest BCUT2D eigenvalue weighted by atomic mass is 10.2. The van der Waals surface area contributed by atoms with Gasteiger partial charge in [0.15, 0.2) is 0 Å². The maximum Gasteiger partial charge on any atom is 0.134 e. The van der Waals surface area contributed by atoms with Crippen LogP contribution in [0.4, 0.5) is 17.1 Å². The van der Waals surface area contributed by atoms with Crippen molar-refractivity contribution >= 4 is 51.4 Å². The van der Waals surface area contributed by atoms with Gasteiger partial charge in [0, 0.05) is 5.02 Å². The van der Waals surface area contributed by atoms with E-state index in [1.54, 1.807) is 18.2 Å². The molecule has 0 saturated heterocycles. The van der Waals surface area contributed by atoms with Crippen LogP contribution in [0.3, 0.4) is 0 Å². The molecule has 2 N–H and O–H groups in total. The van der Waals surface area contributed by atoms with E-state index in [4.69, 9.17) is 17.3 Å². The Morgan fingerprint density at radius 2 is 1.80 bits per heavy atom. The lowest BCUT2D eigenvalue weighted by Gasteiger charge is -2.00. The first-order valence-corrected chi connectivity index (χ1v) is 6.94. The molecule has 0 saturated carbocycles. The van der Waals surface area contributed by atoms with Gasteiger partial charge in [0.25, 0.3) is 0 Å². The average molecular weight is 304 g/mol. The summed E-state index contributed by atoms with van der Waals surface area (Å²) in [5.41, 5.74) is 10.1. The van der Waals surface area contributed by atoms with Crippen molar-refractivity contribution in [1.29, 1.82) is 0 Å². The molecular formula is C13H10ClN5S. The fourth-order valence-corrected chi connectivity index (χ4v) is 2.49. The van der Waals surface area contributed by atoms with Crippen molar-refractivity contribution in [2.75, 3.05) is 5.73 Å². The third-order valence-corrected chi connectivity index (χ3v) is 3.63. The van der Waals surface area contributed by atoms with Crippen molar-refractivity contribution in [2.24, 2.45) is 10.2 Å². The fourth-order valence-electron chi connectivity index (χ4n) is 1.75. The van der Waals surface area contributed by atoms with Crippen LogP contribution in [0.25, 0.3) is 11.0 Å². The van der Waals surface area contributed by atoms with Gasteiger partial charge in [-0.2, -0.15) is 13.9 Å². The molecule has 5 nitrogen and oxygen atoms in total.